The van der Waals surface area contributed by atoms with Gasteiger partial charge in [0.1, 0.15) is 12.1 Å². The molecule has 2 aromatic rings. The molecule has 0 radical (unpaired) electrons. The van der Waals surface area contributed by atoms with Crippen molar-refractivity contribution in [3.05, 3.63) is 62.8 Å². The van der Waals surface area contributed by atoms with E-state index < -0.39 is 58.6 Å². The number of benzene rings is 1. The minimum Gasteiger partial charge on any atom is -0.387 e. The minimum atomic E-state index is -1.11. The molecule has 4 amide bonds. The van der Waals surface area contributed by atoms with E-state index in [9.17, 15) is 28.8 Å². The smallest absolute Gasteiger partial charge is 0.289 e. The summed E-state index contributed by atoms with van der Waals surface area (Å²) in [6.45, 7) is 7.26. The van der Waals surface area contributed by atoms with Crippen molar-refractivity contribution in [1.29, 1.82) is 0 Å². The molecule has 3 N–H and O–H groups in total. The summed E-state index contributed by atoms with van der Waals surface area (Å²) in [4.78, 5) is 89.9. The molecule has 282 valence electrons. The maximum absolute atomic E-state index is 14.7. The van der Waals surface area contributed by atoms with Crippen LogP contribution in [0, 0.1) is 5.41 Å². The maximum atomic E-state index is 14.7. The summed E-state index contributed by atoms with van der Waals surface area (Å²) < 4.78 is 0. The molecule has 2 aliphatic carbocycles. The Hall–Kier alpha value is -4.36. The van der Waals surface area contributed by atoms with Gasteiger partial charge in [-0.05, 0) is 60.3 Å². The first kappa shape index (κ1) is 38.4. The quantitative estimate of drug-likeness (QED) is 0.248. The standard InChI is InChI=1S/C39H46ClN5O7S/c1-5-8-27(33(48)36(50)41-24-12-13-24)42-35(49)29-20-39(19-28(44-52-39)22-9-6-10-23(40)17-22)21-45(29)37(51)34(38(2,3)4)43-32(47)18-26-25(14-15-30(26)46)31-11-7-16-53-31/h6-7,9-11,16-17,24,27,29,34H,5,8,12-15,18-21H2,1-4H3,(H,41,50)(H,42,49)(H,43,47)/t27-,29-,34+,39+/m0/s1. The third kappa shape index (κ3) is 8.73. The van der Waals surface area contributed by atoms with Crippen LogP contribution >= 0.6 is 22.9 Å². The van der Waals surface area contributed by atoms with Crippen LogP contribution in [0.3, 0.4) is 0 Å². The van der Waals surface area contributed by atoms with E-state index in [4.69, 9.17) is 16.4 Å². The average Bonchev–Trinajstić information content (AvgIpc) is 3.47. The van der Waals surface area contributed by atoms with Gasteiger partial charge in [0, 0.05) is 46.3 Å². The summed E-state index contributed by atoms with van der Waals surface area (Å²) in [6.07, 6.45) is 3.40. The Morgan fingerprint density at radius 2 is 1.87 bits per heavy atom. The van der Waals surface area contributed by atoms with E-state index in [0.717, 1.165) is 28.9 Å². The SMILES string of the molecule is CCC[C@H](NC(=O)[C@@H]1C[C@]2(CC(c3cccc(Cl)c3)=NO2)CN1C(=O)[C@@H](NC(=O)CC1=C(c2cccs2)CCC1=O)C(C)(C)C)C(=O)C(=O)NC1CC1. The van der Waals surface area contributed by atoms with Gasteiger partial charge >= 0.3 is 0 Å². The molecule has 1 spiro atoms. The second kappa shape index (κ2) is 15.5. The number of hydrogen-bond acceptors (Lipinski definition) is 9. The van der Waals surface area contributed by atoms with Crippen molar-refractivity contribution in [2.75, 3.05) is 6.54 Å². The fourth-order valence-corrected chi connectivity index (χ4v) is 8.26. The molecular formula is C39H46ClN5O7S. The highest BCUT2D eigenvalue weighted by atomic mass is 35.5. The zero-order chi connectivity index (χ0) is 38.1. The van der Waals surface area contributed by atoms with Gasteiger partial charge in [0.15, 0.2) is 11.4 Å². The average molecular weight is 764 g/mol. The Bertz CT molecular complexity index is 1860. The van der Waals surface area contributed by atoms with Gasteiger partial charge in [0.2, 0.25) is 23.5 Å². The van der Waals surface area contributed by atoms with Crippen LogP contribution in [0.2, 0.25) is 5.02 Å². The van der Waals surface area contributed by atoms with Gasteiger partial charge in [-0.15, -0.1) is 11.3 Å². The number of hydrogen-bond donors (Lipinski definition) is 3. The molecule has 14 heteroatoms. The summed E-state index contributed by atoms with van der Waals surface area (Å²) >= 11 is 7.77. The Morgan fingerprint density at radius 3 is 2.53 bits per heavy atom. The molecule has 6 rings (SSSR count). The van der Waals surface area contributed by atoms with Crippen molar-refractivity contribution < 1.29 is 33.6 Å². The number of halogens is 1. The third-order valence-electron chi connectivity index (χ3n) is 10.2. The van der Waals surface area contributed by atoms with Gasteiger partial charge in [-0.25, -0.2) is 0 Å². The lowest BCUT2D eigenvalue weighted by molar-refractivity contribution is -0.145. The summed E-state index contributed by atoms with van der Waals surface area (Å²) in [6, 6.07) is 7.66. The monoisotopic (exact) mass is 763 g/mol. The number of oxime groups is 1. The van der Waals surface area contributed by atoms with Gasteiger partial charge in [-0.1, -0.05) is 69.1 Å². The van der Waals surface area contributed by atoms with Crippen molar-refractivity contribution in [3.63, 3.8) is 0 Å². The summed E-state index contributed by atoms with van der Waals surface area (Å²) in [5.41, 5.74) is 0.764. The first-order valence-electron chi connectivity index (χ1n) is 18.2. The third-order valence-corrected chi connectivity index (χ3v) is 11.4. The van der Waals surface area contributed by atoms with Crippen LogP contribution in [0.5, 0.6) is 0 Å². The first-order valence-corrected chi connectivity index (χ1v) is 19.5. The van der Waals surface area contributed by atoms with Crippen LogP contribution in [0.4, 0.5) is 0 Å². The number of ketones is 2. The highest BCUT2D eigenvalue weighted by molar-refractivity contribution is 7.11. The summed E-state index contributed by atoms with van der Waals surface area (Å²) in [5.74, 6) is -3.17. The second-order valence-electron chi connectivity index (χ2n) is 15.5. The topological polar surface area (TPSA) is 163 Å². The van der Waals surface area contributed by atoms with E-state index in [1.54, 1.807) is 18.2 Å². The van der Waals surface area contributed by atoms with Crippen LogP contribution in [0.15, 0.2) is 52.5 Å². The Labute approximate surface area is 318 Å². The highest BCUT2D eigenvalue weighted by Crippen LogP contribution is 2.41. The van der Waals surface area contributed by atoms with Crippen molar-refractivity contribution >= 4 is 69.4 Å². The number of likely N-dealkylation sites (tertiary alicyclic amines) is 1. The first-order chi connectivity index (χ1) is 25.2. The maximum Gasteiger partial charge on any atom is 0.289 e. The lowest BCUT2D eigenvalue weighted by atomic mass is 9.85. The molecule has 12 nitrogen and oxygen atoms in total. The van der Waals surface area contributed by atoms with Crippen LogP contribution in [-0.4, -0.2) is 82.1 Å². The Kier molecular flexibility index (Phi) is 11.3. The molecule has 53 heavy (non-hydrogen) atoms. The molecule has 1 saturated heterocycles. The van der Waals surface area contributed by atoms with Crippen LogP contribution in [0.1, 0.15) is 95.9 Å². The van der Waals surface area contributed by atoms with Gasteiger partial charge < -0.3 is 25.7 Å². The zero-order valence-corrected chi connectivity index (χ0v) is 32.0. The van der Waals surface area contributed by atoms with E-state index in [1.807, 2.05) is 51.3 Å². The largest absolute Gasteiger partial charge is 0.387 e. The van der Waals surface area contributed by atoms with E-state index in [2.05, 4.69) is 21.1 Å². The number of nitrogens with one attached hydrogen (secondary N) is 3. The zero-order valence-electron chi connectivity index (χ0n) is 30.5. The van der Waals surface area contributed by atoms with Gasteiger partial charge in [-0.3, -0.25) is 28.8 Å². The number of thiophene rings is 1. The fourth-order valence-electron chi connectivity index (χ4n) is 7.24. The van der Waals surface area contributed by atoms with Crippen molar-refractivity contribution in [2.24, 2.45) is 10.6 Å². The van der Waals surface area contributed by atoms with E-state index in [-0.39, 0.29) is 44.1 Å². The van der Waals surface area contributed by atoms with Crippen LogP contribution < -0.4 is 16.0 Å². The predicted octanol–water partition coefficient (Wildman–Crippen LogP) is 4.74. The summed E-state index contributed by atoms with van der Waals surface area (Å²) in [5, 5.41) is 15.2. The highest BCUT2D eigenvalue weighted by Gasteiger charge is 2.55. The number of allylic oxidation sites excluding steroid dienone is 1. The lowest BCUT2D eigenvalue weighted by Crippen LogP contribution is -2.59. The van der Waals surface area contributed by atoms with Crippen molar-refractivity contribution in [1.82, 2.24) is 20.9 Å². The molecule has 1 aromatic carbocycles. The molecule has 1 aromatic heterocycles. The van der Waals surface area contributed by atoms with Gasteiger partial charge in [-0.2, -0.15) is 0 Å². The summed E-state index contributed by atoms with van der Waals surface area (Å²) in [7, 11) is 0. The van der Waals surface area contributed by atoms with Gasteiger partial charge in [0.05, 0.1) is 24.7 Å². The second-order valence-corrected chi connectivity index (χ2v) is 16.9. The van der Waals surface area contributed by atoms with Crippen LogP contribution in [0.25, 0.3) is 5.57 Å². The number of nitrogens with zero attached hydrogens (tertiary/aromatic N) is 2. The lowest BCUT2D eigenvalue weighted by Gasteiger charge is -2.35. The molecule has 0 bridgehead atoms. The van der Waals surface area contributed by atoms with Crippen molar-refractivity contribution in [3.8, 4) is 0 Å². The van der Waals surface area contributed by atoms with Crippen LogP contribution in [-0.2, 0) is 33.6 Å². The number of carbonyl (C=O) groups excluding carboxylic acids is 6. The Morgan fingerprint density at radius 1 is 1.09 bits per heavy atom. The fraction of sp³-hybridized carbons (Fsp3) is 0.513. The van der Waals surface area contributed by atoms with Crippen molar-refractivity contribution in [2.45, 2.75) is 115 Å². The minimum absolute atomic E-state index is 0.0271. The molecular weight excluding hydrogens is 718 g/mol. The molecule has 4 atom stereocenters. The molecule has 2 fully saturated rings. The molecule has 1 saturated carbocycles. The number of Topliss-reactive ketones (excluding diaryl/α,β-unsaturated/α-hetero) is 2. The normalized spacial score (nSPS) is 22.4. The Balaban J connectivity index is 1.26. The molecule has 2 aliphatic heterocycles. The molecule has 0 unspecified atom stereocenters. The van der Waals surface area contributed by atoms with E-state index in [0.29, 0.717) is 35.6 Å². The number of carbonyl (C=O) groups is 6. The van der Waals surface area contributed by atoms with E-state index >= 15 is 0 Å². The molecule has 4 aliphatic rings. The number of rotatable bonds is 13. The van der Waals surface area contributed by atoms with Gasteiger partial charge in [0.25, 0.3) is 5.91 Å². The number of amides is 4. The van der Waals surface area contributed by atoms with E-state index in [1.165, 1.54) is 16.2 Å². The molecule has 3 heterocycles. The predicted molar refractivity (Wildman–Crippen MR) is 201 cm³/mol.